The first-order chi connectivity index (χ1) is 24.2. The molecule has 0 atom stereocenters. The van der Waals surface area contributed by atoms with E-state index in [-0.39, 0.29) is 0 Å². The van der Waals surface area contributed by atoms with Gasteiger partial charge in [-0.1, -0.05) is 127 Å². The maximum atomic E-state index is 9.53. The number of nitrogens with zero attached hydrogens (tertiary/aromatic N) is 4. The van der Waals surface area contributed by atoms with Gasteiger partial charge in [0.15, 0.2) is 17.5 Å². The Morgan fingerprint density at radius 1 is 0.469 bits per heavy atom. The summed E-state index contributed by atoms with van der Waals surface area (Å²) in [6.45, 7) is 0. The summed E-state index contributed by atoms with van der Waals surface area (Å²) < 4.78 is 0. The predicted octanol–water partition coefficient (Wildman–Crippen LogP) is 10.2. The van der Waals surface area contributed by atoms with E-state index in [4.69, 9.17) is 15.0 Å². The number of pyridine rings is 1. The van der Waals surface area contributed by atoms with E-state index in [0.29, 0.717) is 23.2 Å². The third kappa shape index (κ3) is 6.19. The Morgan fingerprint density at radius 3 is 1.71 bits per heavy atom. The zero-order valence-electron chi connectivity index (χ0n) is 26.5. The standard InChI is InChI=1S/C43H30N6/c44-40(39-37-20-8-7-11-29(37)21-22-38(39)46-36-23-25-45-26-24-36)34-18-9-16-32(27-34)33-17-10-19-35(28-33)43-48-41(30-12-3-1-4-13-30)47-42(49-43)31-14-5-2-6-15-31/h1-28,44H,(H,45,46). The summed E-state index contributed by atoms with van der Waals surface area (Å²) in [4.78, 5) is 18.8. The Hall–Kier alpha value is -6.79. The third-order valence-corrected chi connectivity index (χ3v) is 8.44. The second-order valence-corrected chi connectivity index (χ2v) is 11.6. The number of nitrogens with one attached hydrogen (secondary N) is 2. The van der Waals surface area contributed by atoms with Crippen molar-refractivity contribution in [2.75, 3.05) is 5.32 Å². The first kappa shape index (κ1) is 29.6. The van der Waals surface area contributed by atoms with Crippen LogP contribution in [0.1, 0.15) is 11.1 Å². The monoisotopic (exact) mass is 630 g/mol. The van der Waals surface area contributed by atoms with Gasteiger partial charge in [0.2, 0.25) is 0 Å². The van der Waals surface area contributed by atoms with Crippen molar-refractivity contribution in [3.8, 4) is 45.3 Å². The number of hydrogen-bond donors (Lipinski definition) is 2. The number of hydrogen-bond acceptors (Lipinski definition) is 6. The molecule has 0 fully saturated rings. The Kier molecular flexibility index (Phi) is 7.94. The van der Waals surface area contributed by atoms with Crippen LogP contribution in [-0.4, -0.2) is 25.6 Å². The van der Waals surface area contributed by atoms with Crippen LogP contribution in [-0.2, 0) is 0 Å². The minimum atomic E-state index is 0.434. The quantitative estimate of drug-likeness (QED) is 0.163. The molecular weight excluding hydrogens is 601 g/mol. The highest BCUT2D eigenvalue weighted by atomic mass is 15.0. The molecule has 2 heterocycles. The Balaban J connectivity index is 1.19. The topological polar surface area (TPSA) is 87.4 Å². The molecule has 0 unspecified atom stereocenters. The molecule has 8 aromatic rings. The largest absolute Gasteiger partial charge is 0.355 e. The van der Waals surface area contributed by atoms with Crippen LogP contribution in [0, 0.1) is 5.41 Å². The lowest BCUT2D eigenvalue weighted by Gasteiger charge is -2.17. The van der Waals surface area contributed by atoms with Crippen molar-refractivity contribution in [1.29, 1.82) is 5.41 Å². The first-order valence-corrected chi connectivity index (χ1v) is 16.1. The van der Waals surface area contributed by atoms with Crippen LogP contribution < -0.4 is 5.32 Å². The normalized spacial score (nSPS) is 10.9. The minimum Gasteiger partial charge on any atom is -0.355 e. The van der Waals surface area contributed by atoms with Crippen LogP contribution in [0.5, 0.6) is 0 Å². The molecule has 49 heavy (non-hydrogen) atoms. The fourth-order valence-electron chi connectivity index (χ4n) is 6.01. The minimum absolute atomic E-state index is 0.434. The third-order valence-electron chi connectivity index (χ3n) is 8.44. The summed E-state index contributed by atoms with van der Waals surface area (Å²) in [6.07, 6.45) is 3.52. The zero-order valence-corrected chi connectivity index (χ0v) is 26.5. The fraction of sp³-hybridized carbons (Fsp3) is 0. The van der Waals surface area contributed by atoms with Gasteiger partial charge in [-0.05, 0) is 52.2 Å². The van der Waals surface area contributed by atoms with Crippen molar-refractivity contribution in [3.63, 3.8) is 0 Å². The number of aromatic nitrogens is 4. The van der Waals surface area contributed by atoms with Crippen LogP contribution in [0.2, 0.25) is 0 Å². The highest BCUT2D eigenvalue weighted by Crippen LogP contribution is 2.33. The van der Waals surface area contributed by atoms with Crippen molar-refractivity contribution in [2.45, 2.75) is 0 Å². The van der Waals surface area contributed by atoms with E-state index in [9.17, 15) is 5.41 Å². The highest BCUT2D eigenvalue weighted by Gasteiger charge is 2.17. The van der Waals surface area contributed by atoms with Crippen LogP contribution in [0.25, 0.3) is 56.1 Å². The zero-order chi connectivity index (χ0) is 33.0. The molecule has 0 saturated heterocycles. The SMILES string of the molecule is N=C(c1cccc(-c2cccc(-c3nc(-c4ccccc4)nc(-c4ccccc4)n3)c2)c1)c1c(Nc2ccncc2)ccc2ccccc12. The number of fused-ring (bicyclic) bond motifs is 1. The molecule has 0 radical (unpaired) electrons. The molecule has 6 nitrogen and oxygen atoms in total. The van der Waals surface area contributed by atoms with Crippen molar-refractivity contribution in [2.24, 2.45) is 0 Å². The van der Waals surface area contributed by atoms with Crippen molar-refractivity contribution in [1.82, 2.24) is 19.9 Å². The lowest BCUT2D eigenvalue weighted by atomic mass is 9.92. The second-order valence-electron chi connectivity index (χ2n) is 11.6. The average Bonchev–Trinajstić information content (AvgIpc) is 3.18. The lowest BCUT2D eigenvalue weighted by molar-refractivity contribution is 1.07. The molecule has 0 spiro atoms. The summed E-state index contributed by atoms with van der Waals surface area (Å²) in [5, 5.41) is 15.1. The summed E-state index contributed by atoms with van der Waals surface area (Å²) in [7, 11) is 0. The van der Waals surface area contributed by atoms with Gasteiger partial charge in [-0.2, -0.15) is 0 Å². The molecule has 2 N–H and O–H groups in total. The van der Waals surface area contributed by atoms with E-state index in [1.54, 1.807) is 12.4 Å². The molecule has 2 aromatic heterocycles. The summed E-state index contributed by atoms with van der Waals surface area (Å²) in [5.74, 6) is 1.84. The Morgan fingerprint density at radius 2 is 1.02 bits per heavy atom. The molecule has 0 aliphatic carbocycles. The van der Waals surface area contributed by atoms with E-state index in [2.05, 4.69) is 52.8 Å². The van der Waals surface area contributed by atoms with Crippen LogP contribution in [0.4, 0.5) is 11.4 Å². The van der Waals surface area contributed by atoms with Gasteiger partial charge in [-0.3, -0.25) is 10.4 Å². The molecule has 8 rings (SSSR count). The molecule has 0 saturated carbocycles. The van der Waals surface area contributed by atoms with E-state index in [1.165, 1.54) is 0 Å². The van der Waals surface area contributed by atoms with Crippen LogP contribution >= 0.6 is 0 Å². The van der Waals surface area contributed by atoms with Crippen molar-refractivity contribution in [3.05, 3.63) is 181 Å². The molecule has 0 bridgehead atoms. The van der Waals surface area contributed by atoms with Gasteiger partial charge in [0, 0.05) is 51.6 Å². The first-order valence-electron chi connectivity index (χ1n) is 16.1. The van der Waals surface area contributed by atoms with Gasteiger partial charge in [-0.25, -0.2) is 15.0 Å². The molecule has 6 heteroatoms. The molecule has 6 aromatic carbocycles. The maximum absolute atomic E-state index is 9.53. The van der Waals surface area contributed by atoms with Gasteiger partial charge >= 0.3 is 0 Å². The molecule has 0 aliphatic rings. The van der Waals surface area contributed by atoms with E-state index >= 15 is 0 Å². The fourth-order valence-corrected chi connectivity index (χ4v) is 6.01. The smallest absolute Gasteiger partial charge is 0.164 e. The summed E-state index contributed by atoms with van der Waals surface area (Å²) >= 11 is 0. The number of rotatable bonds is 8. The Labute approximate surface area is 284 Å². The van der Waals surface area contributed by atoms with E-state index < -0.39 is 0 Å². The second kappa shape index (κ2) is 13.1. The highest BCUT2D eigenvalue weighted by molar-refractivity contribution is 6.21. The average molecular weight is 631 g/mol. The molecule has 0 amide bonds. The van der Waals surface area contributed by atoms with Crippen LogP contribution in [0.3, 0.4) is 0 Å². The predicted molar refractivity (Wildman–Crippen MR) is 199 cm³/mol. The molecule has 232 valence electrons. The summed E-state index contributed by atoms with van der Waals surface area (Å²) in [6, 6.07) is 52.6. The van der Waals surface area contributed by atoms with Gasteiger partial charge in [0.05, 0.1) is 5.71 Å². The van der Waals surface area contributed by atoms with E-state index in [1.807, 2.05) is 115 Å². The number of anilines is 2. The van der Waals surface area contributed by atoms with Crippen molar-refractivity contribution < 1.29 is 0 Å². The van der Waals surface area contributed by atoms with E-state index in [0.717, 1.165) is 61.1 Å². The number of benzene rings is 6. The van der Waals surface area contributed by atoms with Gasteiger partial charge < -0.3 is 5.32 Å². The van der Waals surface area contributed by atoms with Gasteiger partial charge in [0.1, 0.15) is 0 Å². The van der Waals surface area contributed by atoms with Crippen molar-refractivity contribution >= 4 is 27.9 Å². The van der Waals surface area contributed by atoms with Gasteiger partial charge in [0.25, 0.3) is 0 Å². The van der Waals surface area contributed by atoms with Crippen LogP contribution in [0.15, 0.2) is 170 Å². The maximum Gasteiger partial charge on any atom is 0.164 e. The summed E-state index contributed by atoms with van der Waals surface area (Å²) in [5.41, 5.74) is 8.60. The Bertz CT molecular complexity index is 2370. The lowest BCUT2D eigenvalue weighted by Crippen LogP contribution is -2.07. The van der Waals surface area contributed by atoms with Gasteiger partial charge in [-0.15, -0.1) is 0 Å². The molecule has 0 aliphatic heterocycles. The molecular formula is C43H30N6.